The average molecular weight is 586 g/mol. The van der Waals surface area contributed by atoms with Crippen molar-refractivity contribution in [3.8, 4) is 5.75 Å². The highest BCUT2D eigenvalue weighted by atomic mass is 19.4. The number of carbonyl (C=O) groups excluding carboxylic acids is 1. The van der Waals surface area contributed by atoms with Crippen molar-refractivity contribution in [2.45, 2.75) is 53.0 Å². The molecule has 41 heavy (non-hydrogen) atoms. The number of pyridine rings is 1. The van der Waals surface area contributed by atoms with E-state index in [0.717, 1.165) is 0 Å². The van der Waals surface area contributed by atoms with Crippen LogP contribution < -0.4 is 10.1 Å². The van der Waals surface area contributed by atoms with Gasteiger partial charge in [-0.05, 0) is 45.4 Å². The maximum absolute atomic E-state index is 14.2. The van der Waals surface area contributed by atoms with Gasteiger partial charge in [0.2, 0.25) is 0 Å². The Kier molecular flexibility index (Phi) is 8.05. The number of ether oxygens (including phenoxy) is 1. The summed E-state index contributed by atoms with van der Waals surface area (Å²) < 4.78 is 99.9. The van der Waals surface area contributed by atoms with Gasteiger partial charge in [-0.3, -0.25) is 13.9 Å². The summed E-state index contributed by atoms with van der Waals surface area (Å²) in [5, 5.41) is 7.21. The predicted octanol–water partition coefficient (Wildman–Crippen LogP) is 6.71. The number of imidazole rings is 1. The van der Waals surface area contributed by atoms with Gasteiger partial charge in [0.05, 0.1) is 35.9 Å². The lowest BCUT2D eigenvalue weighted by Crippen LogP contribution is -2.37. The second-order valence-electron chi connectivity index (χ2n) is 9.64. The molecule has 0 bridgehead atoms. The van der Waals surface area contributed by atoms with Crippen molar-refractivity contribution in [2.24, 2.45) is 5.92 Å². The van der Waals surface area contributed by atoms with E-state index in [2.05, 4.69) is 15.4 Å². The lowest BCUT2D eigenvalue weighted by atomic mass is 10.1. The number of nitrogens with one attached hydrogen (secondary N) is 1. The summed E-state index contributed by atoms with van der Waals surface area (Å²) in [6, 6.07) is 7.65. The van der Waals surface area contributed by atoms with Crippen LogP contribution in [0, 0.1) is 39.4 Å². The second-order valence-corrected chi connectivity index (χ2v) is 9.64. The fraction of sp³-hybridized carbons (Fsp3) is 0.370. The van der Waals surface area contributed by atoms with E-state index in [1.54, 1.807) is 49.8 Å². The zero-order chi connectivity index (χ0) is 30.3. The summed E-state index contributed by atoms with van der Waals surface area (Å²) in [5.41, 5.74) is 2.75. The molecular weight excluding hydrogens is 559 g/mol. The molecule has 1 amide bonds. The van der Waals surface area contributed by atoms with E-state index in [1.807, 2.05) is 0 Å². The Balaban J connectivity index is 1.59. The van der Waals surface area contributed by atoms with Gasteiger partial charge in [-0.2, -0.15) is 31.4 Å². The number of halogens is 7. The van der Waals surface area contributed by atoms with Crippen LogP contribution >= 0.6 is 0 Å². The number of aryl methyl sites for hydroxylation is 3. The quantitative estimate of drug-likeness (QED) is 0.233. The van der Waals surface area contributed by atoms with E-state index in [-0.39, 0.29) is 29.3 Å². The van der Waals surface area contributed by atoms with Crippen LogP contribution in [0.3, 0.4) is 0 Å². The maximum atomic E-state index is 14.2. The molecule has 1 N–H and O–H groups in total. The topological polar surface area (TPSA) is 73.4 Å². The highest BCUT2D eigenvalue weighted by Gasteiger charge is 2.56. The molecule has 0 aliphatic rings. The number of hydrogen-bond donors (Lipinski definition) is 1. The third kappa shape index (κ3) is 6.30. The molecule has 0 saturated carbocycles. The summed E-state index contributed by atoms with van der Waals surface area (Å²) in [5.74, 6) is -4.59. The molecular formula is C27H26F7N5O2. The second kappa shape index (κ2) is 11.1. The Hall–Kier alpha value is -4.10. The number of fused-ring (bicyclic) bond motifs is 1. The van der Waals surface area contributed by atoms with Gasteiger partial charge in [0.1, 0.15) is 11.5 Å². The first-order valence-corrected chi connectivity index (χ1v) is 12.4. The standard InChI is InChI=1S/C27H26F7N5O2/c1-14-11-20(41-10-9-21(26(29,30)31)27(32,33)34)24-35-16(3)23(38(24)12-14)25(40)36-22-15(2)37-39(17(22)4)13-18-7-5-6-8-19(18)28/h5-8,11-12,21H,9-10,13H2,1-4H3,(H,36,40). The van der Waals surface area contributed by atoms with Crippen molar-refractivity contribution < 1.29 is 40.3 Å². The Morgan fingerprint density at radius 3 is 2.32 bits per heavy atom. The summed E-state index contributed by atoms with van der Waals surface area (Å²) in [4.78, 5) is 17.7. The molecule has 220 valence electrons. The minimum Gasteiger partial charge on any atom is -0.490 e. The van der Waals surface area contributed by atoms with Crippen LogP contribution in [0.4, 0.5) is 36.4 Å². The molecule has 0 aliphatic carbocycles. The lowest BCUT2D eigenvalue weighted by molar-refractivity contribution is -0.286. The fourth-order valence-electron chi connectivity index (χ4n) is 4.53. The molecule has 4 rings (SSSR count). The van der Waals surface area contributed by atoms with E-state index < -0.39 is 43.0 Å². The van der Waals surface area contributed by atoms with Gasteiger partial charge in [0.25, 0.3) is 5.91 Å². The van der Waals surface area contributed by atoms with E-state index in [9.17, 15) is 35.5 Å². The third-order valence-corrected chi connectivity index (χ3v) is 6.56. The van der Waals surface area contributed by atoms with Gasteiger partial charge in [0, 0.05) is 18.2 Å². The monoisotopic (exact) mass is 585 g/mol. The fourth-order valence-corrected chi connectivity index (χ4v) is 4.53. The Labute approximate surface area is 229 Å². The van der Waals surface area contributed by atoms with Crippen molar-refractivity contribution in [1.82, 2.24) is 19.2 Å². The molecule has 0 saturated heterocycles. The normalized spacial score (nSPS) is 12.4. The van der Waals surface area contributed by atoms with Crippen molar-refractivity contribution in [3.63, 3.8) is 0 Å². The first kappa shape index (κ1) is 29.9. The third-order valence-electron chi connectivity index (χ3n) is 6.56. The predicted molar refractivity (Wildman–Crippen MR) is 136 cm³/mol. The number of carbonyl (C=O) groups is 1. The molecule has 1 aromatic carbocycles. The lowest BCUT2D eigenvalue weighted by Gasteiger charge is -2.22. The smallest absolute Gasteiger partial charge is 0.400 e. The molecule has 0 radical (unpaired) electrons. The van der Waals surface area contributed by atoms with E-state index >= 15 is 0 Å². The van der Waals surface area contributed by atoms with Gasteiger partial charge in [-0.15, -0.1) is 0 Å². The van der Waals surface area contributed by atoms with Crippen molar-refractivity contribution in [3.05, 3.63) is 76.2 Å². The van der Waals surface area contributed by atoms with Gasteiger partial charge < -0.3 is 10.1 Å². The van der Waals surface area contributed by atoms with E-state index in [0.29, 0.717) is 28.2 Å². The molecule has 7 nitrogen and oxygen atoms in total. The van der Waals surface area contributed by atoms with Gasteiger partial charge in [-0.25, -0.2) is 9.37 Å². The van der Waals surface area contributed by atoms with Gasteiger partial charge in [0.15, 0.2) is 17.3 Å². The largest absolute Gasteiger partial charge is 0.490 e. The van der Waals surface area contributed by atoms with E-state index in [1.165, 1.54) is 23.5 Å². The minimum absolute atomic E-state index is 0.0532. The van der Waals surface area contributed by atoms with Crippen LogP contribution in [-0.4, -0.2) is 44.0 Å². The first-order chi connectivity index (χ1) is 19.1. The van der Waals surface area contributed by atoms with Crippen molar-refractivity contribution >= 4 is 17.2 Å². The molecule has 0 aliphatic heterocycles. The number of aromatic nitrogens is 4. The van der Waals surface area contributed by atoms with Crippen LogP contribution in [0.1, 0.15) is 45.1 Å². The number of hydrogen-bond acceptors (Lipinski definition) is 4. The number of anilines is 1. The number of alkyl halides is 6. The van der Waals surface area contributed by atoms with Gasteiger partial charge >= 0.3 is 12.4 Å². The number of amides is 1. The van der Waals surface area contributed by atoms with Crippen molar-refractivity contribution in [1.29, 1.82) is 0 Å². The van der Waals surface area contributed by atoms with Crippen LogP contribution in [0.15, 0.2) is 36.5 Å². The maximum Gasteiger partial charge on any atom is 0.400 e. The summed E-state index contributed by atoms with van der Waals surface area (Å²) in [6.45, 7) is 5.80. The van der Waals surface area contributed by atoms with E-state index in [4.69, 9.17) is 4.74 Å². The Bertz CT molecular complexity index is 1570. The molecule has 3 aromatic heterocycles. The summed E-state index contributed by atoms with van der Waals surface area (Å²) in [7, 11) is 0. The van der Waals surface area contributed by atoms with Gasteiger partial charge in [-0.1, -0.05) is 18.2 Å². The average Bonchev–Trinajstić information content (AvgIpc) is 3.31. The summed E-state index contributed by atoms with van der Waals surface area (Å²) in [6.07, 6.45) is -10.7. The zero-order valence-corrected chi connectivity index (χ0v) is 22.4. The molecule has 14 heteroatoms. The number of rotatable bonds is 8. The van der Waals surface area contributed by atoms with Crippen LogP contribution in [0.25, 0.3) is 5.65 Å². The first-order valence-electron chi connectivity index (χ1n) is 12.4. The van der Waals surface area contributed by atoms with Crippen LogP contribution in [0.2, 0.25) is 0 Å². The highest BCUT2D eigenvalue weighted by molar-refractivity contribution is 6.05. The summed E-state index contributed by atoms with van der Waals surface area (Å²) >= 11 is 0. The van der Waals surface area contributed by atoms with Crippen LogP contribution in [-0.2, 0) is 6.54 Å². The minimum atomic E-state index is -5.47. The molecule has 0 fully saturated rings. The van der Waals surface area contributed by atoms with Crippen molar-refractivity contribution in [2.75, 3.05) is 11.9 Å². The molecule has 0 unspecified atom stereocenters. The molecule has 4 aromatic rings. The molecule has 0 atom stereocenters. The SMILES string of the molecule is Cc1cc(OCCC(C(F)(F)F)C(F)(F)F)c2nc(C)c(C(=O)Nc3c(C)nn(Cc4ccccc4F)c3C)n2c1. The molecule has 0 spiro atoms. The zero-order valence-electron chi connectivity index (χ0n) is 22.4. The number of nitrogens with zero attached hydrogens (tertiary/aromatic N) is 4. The molecule has 3 heterocycles. The Morgan fingerprint density at radius 2 is 1.68 bits per heavy atom. The van der Waals surface area contributed by atoms with Crippen LogP contribution in [0.5, 0.6) is 5.75 Å². The Morgan fingerprint density at radius 1 is 1.02 bits per heavy atom. The number of benzene rings is 1. The highest BCUT2D eigenvalue weighted by Crippen LogP contribution is 2.41.